The molecule has 0 radical (unpaired) electrons. The largest absolute Gasteiger partial charge is 0.324 e. The molecule has 0 aliphatic heterocycles. The quantitative estimate of drug-likeness (QED) is 0.263. The normalized spacial score (nSPS) is 10.8. The number of halogens is 1. The molecule has 0 unspecified atom stereocenters. The highest BCUT2D eigenvalue weighted by molar-refractivity contribution is 7.17. The molecule has 0 bridgehead atoms. The van der Waals surface area contributed by atoms with Crippen LogP contribution in [0.3, 0.4) is 0 Å². The van der Waals surface area contributed by atoms with Gasteiger partial charge in [-0.3, -0.25) is 9.89 Å². The first-order valence-corrected chi connectivity index (χ1v) is 10.9. The molecule has 3 heterocycles. The van der Waals surface area contributed by atoms with E-state index in [4.69, 9.17) is 0 Å². The van der Waals surface area contributed by atoms with Gasteiger partial charge in [-0.1, -0.05) is 0 Å². The van der Waals surface area contributed by atoms with Gasteiger partial charge in [0.25, 0.3) is 5.91 Å². The number of fused-ring (bicyclic) bond motifs is 1. The lowest BCUT2D eigenvalue weighted by molar-refractivity contribution is 0.102. The second-order valence-corrected chi connectivity index (χ2v) is 8.17. The molecule has 8 nitrogen and oxygen atoms in total. The van der Waals surface area contributed by atoms with Crippen LogP contribution in [0.5, 0.6) is 0 Å². The molecule has 164 valence electrons. The predicted octanol–water partition coefficient (Wildman–Crippen LogP) is 5.60. The number of nitrogens with zero attached hydrogens (tertiary/aromatic N) is 3. The number of hydrogen-bond donors (Lipinski definition) is 4. The lowest BCUT2D eigenvalue weighted by Crippen LogP contribution is -2.11. The molecule has 0 saturated carbocycles. The summed E-state index contributed by atoms with van der Waals surface area (Å²) in [6.45, 7) is 1.93. The van der Waals surface area contributed by atoms with Crippen LogP contribution in [0.1, 0.15) is 16.1 Å². The third kappa shape index (κ3) is 4.65. The number of rotatable bonds is 6. The summed E-state index contributed by atoms with van der Waals surface area (Å²) in [6.07, 6.45) is 0. The molecular formula is C23H18FN7OS. The van der Waals surface area contributed by atoms with Crippen molar-refractivity contribution in [2.45, 2.75) is 6.92 Å². The highest BCUT2D eigenvalue weighted by Gasteiger charge is 2.12. The van der Waals surface area contributed by atoms with Gasteiger partial charge in [0, 0.05) is 28.7 Å². The van der Waals surface area contributed by atoms with Crippen molar-refractivity contribution in [2.24, 2.45) is 0 Å². The number of nitrogens with one attached hydrogen (secondary N) is 4. The minimum atomic E-state index is -0.386. The van der Waals surface area contributed by atoms with Gasteiger partial charge in [0.15, 0.2) is 11.6 Å². The molecule has 0 aliphatic carbocycles. The molecule has 0 saturated heterocycles. The minimum Gasteiger partial charge on any atom is -0.324 e. The molecule has 0 atom stereocenters. The van der Waals surface area contributed by atoms with Gasteiger partial charge in [0.05, 0.1) is 10.2 Å². The number of carbonyl (C=O) groups is 1. The molecule has 33 heavy (non-hydrogen) atoms. The molecule has 5 aromatic rings. The molecule has 2 aromatic carbocycles. The molecule has 0 fully saturated rings. The van der Waals surface area contributed by atoms with E-state index in [1.54, 1.807) is 23.5 Å². The van der Waals surface area contributed by atoms with Crippen molar-refractivity contribution in [1.29, 1.82) is 0 Å². The van der Waals surface area contributed by atoms with Crippen LogP contribution in [0.4, 0.5) is 33.3 Å². The van der Waals surface area contributed by atoms with Gasteiger partial charge in [-0.2, -0.15) is 10.1 Å². The van der Waals surface area contributed by atoms with Crippen LogP contribution in [0.2, 0.25) is 0 Å². The van der Waals surface area contributed by atoms with Crippen molar-refractivity contribution >= 4 is 56.4 Å². The smallest absolute Gasteiger partial charge is 0.255 e. The predicted molar refractivity (Wildman–Crippen MR) is 128 cm³/mol. The van der Waals surface area contributed by atoms with E-state index in [2.05, 4.69) is 36.1 Å². The van der Waals surface area contributed by atoms with Crippen molar-refractivity contribution in [1.82, 2.24) is 20.2 Å². The molecule has 3 aromatic heterocycles. The number of aryl methyl sites for hydroxylation is 1. The zero-order valence-corrected chi connectivity index (χ0v) is 18.2. The highest BCUT2D eigenvalue weighted by Crippen LogP contribution is 2.30. The number of hydrogen-bond acceptors (Lipinski definition) is 7. The van der Waals surface area contributed by atoms with Crippen LogP contribution in [-0.2, 0) is 0 Å². The zero-order valence-electron chi connectivity index (χ0n) is 17.4. The topological polar surface area (TPSA) is 108 Å². The standard InChI is InChI=1S/C23H18FN7OS/c1-13-12-19(31-30-13)28-21-20-18(10-11-33-20)27-23(29-21)26-17-8-6-16(7-9-17)25-22(32)14-2-4-15(24)5-3-14/h2-12H,1H3,(H,25,32)(H3,26,27,28,29,30,31). The van der Waals surface area contributed by atoms with Crippen LogP contribution in [0.25, 0.3) is 10.2 Å². The number of amides is 1. The van der Waals surface area contributed by atoms with E-state index in [0.29, 0.717) is 28.8 Å². The Bertz CT molecular complexity index is 1430. The van der Waals surface area contributed by atoms with E-state index < -0.39 is 0 Å². The number of benzene rings is 2. The second-order valence-electron chi connectivity index (χ2n) is 7.26. The van der Waals surface area contributed by atoms with E-state index in [1.807, 2.05) is 36.6 Å². The van der Waals surface area contributed by atoms with E-state index >= 15 is 0 Å². The maximum absolute atomic E-state index is 13.0. The summed E-state index contributed by atoms with van der Waals surface area (Å²) in [4.78, 5) is 21.5. The number of thiophene rings is 1. The molecule has 1 amide bonds. The molecule has 0 aliphatic rings. The molecule has 5 rings (SSSR count). The fraction of sp³-hybridized carbons (Fsp3) is 0.0435. The van der Waals surface area contributed by atoms with Gasteiger partial charge >= 0.3 is 0 Å². The average Bonchev–Trinajstić information content (AvgIpc) is 3.44. The Morgan fingerprint density at radius 3 is 2.45 bits per heavy atom. The Morgan fingerprint density at radius 1 is 0.970 bits per heavy atom. The van der Waals surface area contributed by atoms with Crippen molar-refractivity contribution < 1.29 is 9.18 Å². The summed E-state index contributed by atoms with van der Waals surface area (Å²) < 4.78 is 14.0. The van der Waals surface area contributed by atoms with Crippen molar-refractivity contribution in [3.05, 3.63) is 83.1 Å². The van der Waals surface area contributed by atoms with Crippen LogP contribution in [-0.4, -0.2) is 26.1 Å². The fourth-order valence-corrected chi connectivity index (χ4v) is 3.95. The van der Waals surface area contributed by atoms with Crippen LogP contribution < -0.4 is 16.0 Å². The summed E-state index contributed by atoms with van der Waals surface area (Å²) in [5, 5.41) is 18.3. The van der Waals surface area contributed by atoms with Crippen LogP contribution in [0.15, 0.2) is 66.0 Å². The first-order valence-electron chi connectivity index (χ1n) is 10.0. The van der Waals surface area contributed by atoms with Crippen molar-refractivity contribution in [3.8, 4) is 0 Å². The fourth-order valence-electron chi connectivity index (χ4n) is 3.18. The zero-order chi connectivity index (χ0) is 22.8. The van der Waals surface area contributed by atoms with Gasteiger partial charge in [0.1, 0.15) is 5.82 Å². The third-order valence-electron chi connectivity index (χ3n) is 4.76. The van der Waals surface area contributed by atoms with Gasteiger partial charge in [-0.05, 0) is 66.9 Å². The Balaban J connectivity index is 1.32. The maximum atomic E-state index is 13.0. The monoisotopic (exact) mass is 459 g/mol. The first kappa shape index (κ1) is 20.6. The number of carbonyl (C=O) groups excluding carboxylic acids is 1. The Labute approximate surface area is 191 Å². The lowest BCUT2D eigenvalue weighted by Gasteiger charge is -2.10. The van der Waals surface area contributed by atoms with E-state index in [0.717, 1.165) is 21.6 Å². The lowest BCUT2D eigenvalue weighted by atomic mass is 10.2. The van der Waals surface area contributed by atoms with E-state index in [9.17, 15) is 9.18 Å². The number of H-pyrrole nitrogens is 1. The Kier molecular flexibility index (Phi) is 5.41. The summed E-state index contributed by atoms with van der Waals surface area (Å²) in [6, 6.07) is 16.4. The number of anilines is 5. The summed E-state index contributed by atoms with van der Waals surface area (Å²) in [7, 11) is 0. The first-order chi connectivity index (χ1) is 16.0. The average molecular weight is 460 g/mol. The number of aromatic nitrogens is 4. The second kappa shape index (κ2) is 8.67. The van der Waals surface area contributed by atoms with E-state index in [1.165, 1.54) is 24.3 Å². The van der Waals surface area contributed by atoms with Gasteiger partial charge in [0.2, 0.25) is 5.95 Å². The highest BCUT2D eigenvalue weighted by atomic mass is 32.1. The summed E-state index contributed by atoms with van der Waals surface area (Å²) in [5.74, 6) is 1.06. The van der Waals surface area contributed by atoms with E-state index in [-0.39, 0.29) is 11.7 Å². The van der Waals surface area contributed by atoms with Gasteiger partial charge in [-0.15, -0.1) is 11.3 Å². The molecular weight excluding hydrogens is 441 g/mol. The SMILES string of the molecule is Cc1cc(Nc2nc(Nc3ccc(NC(=O)c4ccc(F)cc4)cc3)nc3ccsc23)n[nH]1. The minimum absolute atomic E-state index is 0.314. The third-order valence-corrected chi connectivity index (χ3v) is 5.67. The Morgan fingerprint density at radius 2 is 1.73 bits per heavy atom. The molecule has 4 N–H and O–H groups in total. The number of aromatic amines is 1. The summed E-state index contributed by atoms with van der Waals surface area (Å²) in [5.41, 5.74) is 3.50. The summed E-state index contributed by atoms with van der Waals surface area (Å²) >= 11 is 1.55. The maximum Gasteiger partial charge on any atom is 0.255 e. The Hall–Kier alpha value is -4.31. The van der Waals surface area contributed by atoms with Gasteiger partial charge < -0.3 is 16.0 Å². The van der Waals surface area contributed by atoms with Gasteiger partial charge in [-0.25, -0.2) is 9.37 Å². The van der Waals surface area contributed by atoms with Crippen LogP contribution in [0, 0.1) is 12.7 Å². The van der Waals surface area contributed by atoms with Crippen molar-refractivity contribution in [2.75, 3.05) is 16.0 Å². The molecule has 0 spiro atoms. The molecule has 10 heteroatoms. The van der Waals surface area contributed by atoms with Crippen LogP contribution >= 0.6 is 11.3 Å². The van der Waals surface area contributed by atoms with Crippen molar-refractivity contribution in [3.63, 3.8) is 0 Å².